The molecule has 1 fully saturated rings. The van der Waals surface area contributed by atoms with E-state index >= 15 is 0 Å². The van der Waals surface area contributed by atoms with Crippen LogP contribution in [-0.4, -0.2) is 54.5 Å². The highest BCUT2D eigenvalue weighted by atomic mass is 79.9. The third-order valence-corrected chi connectivity index (χ3v) is 4.88. The van der Waals surface area contributed by atoms with Gasteiger partial charge in [0, 0.05) is 42.0 Å². The van der Waals surface area contributed by atoms with Crippen molar-refractivity contribution in [3.63, 3.8) is 0 Å². The molecule has 2 aromatic rings. The van der Waals surface area contributed by atoms with Crippen LogP contribution < -0.4 is 4.90 Å². The fraction of sp³-hybridized carbons (Fsp3) is 0.333. The van der Waals surface area contributed by atoms with E-state index in [2.05, 4.69) is 25.8 Å². The minimum Gasteiger partial charge on any atom is -0.465 e. The number of aromatic amines is 1. The molecule has 1 aromatic heterocycles. The lowest BCUT2D eigenvalue weighted by Gasteiger charge is -2.40. The quantitative estimate of drug-likeness (QED) is 0.797. The molecule has 0 saturated carbocycles. The molecule has 0 radical (unpaired) electrons. The first-order valence-electron chi connectivity index (χ1n) is 8.08. The number of carbonyl (C=O) groups is 2. The van der Waals surface area contributed by atoms with Gasteiger partial charge in [0.1, 0.15) is 5.69 Å². The standard InChI is InChI=1S/C18H20BrN3O3/c1-12-11-21(15-5-3-13(4-6-15)18(24)25-2)7-8-22(12)17(23)16-9-14(19)10-20-16/h3-6,9-10,12,20H,7-8,11H2,1-2H3. The average molecular weight is 406 g/mol. The number of hydrogen-bond donors (Lipinski definition) is 1. The number of ether oxygens (including phenoxy) is 1. The first-order chi connectivity index (χ1) is 12.0. The highest BCUT2D eigenvalue weighted by Crippen LogP contribution is 2.22. The summed E-state index contributed by atoms with van der Waals surface area (Å²) in [6.07, 6.45) is 1.76. The lowest BCUT2D eigenvalue weighted by Crippen LogP contribution is -2.54. The number of amides is 1. The lowest BCUT2D eigenvalue weighted by atomic mass is 10.1. The molecule has 1 aliphatic rings. The van der Waals surface area contributed by atoms with E-state index < -0.39 is 0 Å². The van der Waals surface area contributed by atoms with Crippen molar-refractivity contribution in [2.24, 2.45) is 0 Å². The van der Waals surface area contributed by atoms with Crippen LogP contribution in [0.1, 0.15) is 27.8 Å². The zero-order valence-electron chi connectivity index (χ0n) is 14.2. The molecule has 1 saturated heterocycles. The van der Waals surface area contributed by atoms with E-state index in [0.717, 1.165) is 23.2 Å². The monoisotopic (exact) mass is 405 g/mol. The van der Waals surface area contributed by atoms with Crippen LogP contribution in [0.5, 0.6) is 0 Å². The number of hydrogen-bond acceptors (Lipinski definition) is 4. The van der Waals surface area contributed by atoms with E-state index in [9.17, 15) is 9.59 Å². The van der Waals surface area contributed by atoms with Gasteiger partial charge in [0.15, 0.2) is 0 Å². The maximum atomic E-state index is 12.6. The summed E-state index contributed by atoms with van der Waals surface area (Å²) in [5.41, 5.74) is 2.16. The van der Waals surface area contributed by atoms with Crippen molar-refractivity contribution in [1.82, 2.24) is 9.88 Å². The van der Waals surface area contributed by atoms with Crippen molar-refractivity contribution >= 4 is 33.5 Å². The number of anilines is 1. The molecule has 1 atom stereocenters. The Morgan fingerprint density at radius 3 is 2.52 bits per heavy atom. The zero-order chi connectivity index (χ0) is 18.0. The van der Waals surface area contributed by atoms with E-state index in [1.807, 2.05) is 24.0 Å². The van der Waals surface area contributed by atoms with E-state index in [1.165, 1.54) is 7.11 Å². The van der Waals surface area contributed by atoms with E-state index in [0.29, 0.717) is 17.8 Å². The minimum atomic E-state index is -0.340. The van der Waals surface area contributed by atoms with Crippen LogP contribution in [0.2, 0.25) is 0 Å². The van der Waals surface area contributed by atoms with Crippen molar-refractivity contribution in [3.05, 3.63) is 52.3 Å². The van der Waals surface area contributed by atoms with Gasteiger partial charge in [-0.05, 0) is 53.2 Å². The van der Waals surface area contributed by atoms with Crippen LogP contribution in [0.4, 0.5) is 5.69 Å². The number of methoxy groups -OCH3 is 1. The van der Waals surface area contributed by atoms with Crippen LogP contribution >= 0.6 is 15.9 Å². The molecule has 1 amide bonds. The molecular formula is C18H20BrN3O3. The van der Waals surface area contributed by atoms with Crippen molar-refractivity contribution < 1.29 is 14.3 Å². The summed E-state index contributed by atoms with van der Waals surface area (Å²) < 4.78 is 5.59. The third kappa shape index (κ3) is 3.71. The molecule has 1 aliphatic heterocycles. The number of carbonyl (C=O) groups excluding carboxylic acids is 2. The smallest absolute Gasteiger partial charge is 0.337 e. The minimum absolute atomic E-state index is 0.0129. The van der Waals surface area contributed by atoms with Gasteiger partial charge in [-0.3, -0.25) is 4.79 Å². The Kier molecular flexibility index (Phi) is 5.13. The molecule has 2 heterocycles. The molecule has 6 nitrogen and oxygen atoms in total. The largest absolute Gasteiger partial charge is 0.465 e. The molecule has 1 N–H and O–H groups in total. The highest BCUT2D eigenvalue weighted by Gasteiger charge is 2.29. The average Bonchev–Trinajstić information content (AvgIpc) is 3.07. The fourth-order valence-corrected chi connectivity index (χ4v) is 3.41. The topological polar surface area (TPSA) is 65.6 Å². The number of nitrogens with zero attached hydrogens (tertiary/aromatic N) is 2. The van der Waals surface area contributed by atoms with Gasteiger partial charge in [-0.15, -0.1) is 0 Å². The molecule has 7 heteroatoms. The Balaban J connectivity index is 1.67. The first-order valence-corrected chi connectivity index (χ1v) is 8.87. The summed E-state index contributed by atoms with van der Waals surface area (Å²) in [4.78, 5) is 31.2. The molecule has 1 aromatic carbocycles. The molecule has 25 heavy (non-hydrogen) atoms. The number of nitrogens with one attached hydrogen (secondary N) is 1. The van der Waals surface area contributed by atoms with E-state index in [4.69, 9.17) is 4.74 Å². The Morgan fingerprint density at radius 1 is 1.24 bits per heavy atom. The predicted molar refractivity (Wildman–Crippen MR) is 99.0 cm³/mol. The van der Waals surface area contributed by atoms with Crippen LogP contribution in [0, 0.1) is 0 Å². The molecule has 1 unspecified atom stereocenters. The van der Waals surface area contributed by atoms with Crippen LogP contribution in [0.3, 0.4) is 0 Å². The number of aromatic nitrogens is 1. The first kappa shape index (κ1) is 17.5. The van der Waals surface area contributed by atoms with Gasteiger partial charge in [-0.2, -0.15) is 0 Å². The Bertz CT molecular complexity index is 772. The van der Waals surface area contributed by atoms with Gasteiger partial charge < -0.3 is 19.5 Å². The number of esters is 1. The summed E-state index contributed by atoms with van der Waals surface area (Å²) in [6, 6.07) is 9.24. The summed E-state index contributed by atoms with van der Waals surface area (Å²) in [7, 11) is 1.37. The summed E-state index contributed by atoms with van der Waals surface area (Å²) in [6.45, 7) is 4.18. The van der Waals surface area contributed by atoms with Gasteiger partial charge in [-0.1, -0.05) is 0 Å². The Labute approximate surface area is 154 Å². The SMILES string of the molecule is COC(=O)c1ccc(N2CCN(C(=O)c3cc(Br)c[nH]3)C(C)C2)cc1. The zero-order valence-corrected chi connectivity index (χ0v) is 15.7. The van der Waals surface area contributed by atoms with Gasteiger partial charge >= 0.3 is 5.97 Å². The number of rotatable bonds is 3. The Morgan fingerprint density at radius 2 is 1.96 bits per heavy atom. The van der Waals surface area contributed by atoms with E-state index in [-0.39, 0.29) is 17.9 Å². The van der Waals surface area contributed by atoms with E-state index in [1.54, 1.807) is 24.4 Å². The summed E-state index contributed by atoms with van der Waals surface area (Å²) in [5, 5.41) is 0. The van der Waals surface area contributed by atoms with Crippen molar-refractivity contribution in [3.8, 4) is 0 Å². The van der Waals surface area contributed by atoms with Gasteiger partial charge in [0.05, 0.1) is 12.7 Å². The van der Waals surface area contributed by atoms with Gasteiger partial charge in [0.2, 0.25) is 0 Å². The maximum Gasteiger partial charge on any atom is 0.337 e. The predicted octanol–water partition coefficient (Wildman–Crippen LogP) is 2.91. The maximum absolute atomic E-state index is 12.6. The highest BCUT2D eigenvalue weighted by molar-refractivity contribution is 9.10. The summed E-state index contributed by atoms with van der Waals surface area (Å²) in [5.74, 6) is -0.327. The van der Waals surface area contributed by atoms with Gasteiger partial charge in [-0.25, -0.2) is 4.79 Å². The molecule has 0 bridgehead atoms. The number of halogens is 1. The number of piperazine rings is 1. The molecule has 132 valence electrons. The van der Waals surface area contributed by atoms with Crippen LogP contribution in [0.25, 0.3) is 0 Å². The second-order valence-electron chi connectivity index (χ2n) is 6.06. The second kappa shape index (κ2) is 7.31. The van der Waals surface area contributed by atoms with Crippen molar-refractivity contribution in [2.45, 2.75) is 13.0 Å². The second-order valence-corrected chi connectivity index (χ2v) is 6.98. The molecule has 0 spiro atoms. The summed E-state index contributed by atoms with van der Waals surface area (Å²) >= 11 is 3.36. The molecule has 0 aliphatic carbocycles. The number of H-pyrrole nitrogens is 1. The van der Waals surface area contributed by atoms with Crippen molar-refractivity contribution in [2.75, 3.05) is 31.6 Å². The van der Waals surface area contributed by atoms with Crippen LogP contribution in [0.15, 0.2) is 41.0 Å². The van der Waals surface area contributed by atoms with Crippen LogP contribution in [-0.2, 0) is 4.74 Å². The van der Waals surface area contributed by atoms with Crippen molar-refractivity contribution in [1.29, 1.82) is 0 Å². The van der Waals surface area contributed by atoms with Gasteiger partial charge in [0.25, 0.3) is 5.91 Å². The fourth-order valence-electron chi connectivity index (χ4n) is 3.07. The third-order valence-electron chi connectivity index (χ3n) is 4.42. The Hall–Kier alpha value is -2.28. The lowest BCUT2D eigenvalue weighted by molar-refractivity contribution is 0.0599. The molecule has 3 rings (SSSR count). The number of benzene rings is 1. The molecular weight excluding hydrogens is 386 g/mol. The normalized spacial score (nSPS) is 17.5.